The van der Waals surface area contributed by atoms with E-state index in [1.165, 1.54) is 5.56 Å². The van der Waals surface area contributed by atoms with Gasteiger partial charge in [-0.1, -0.05) is 25.1 Å². The summed E-state index contributed by atoms with van der Waals surface area (Å²) in [5.74, 6) is -0.174. The van der Waals surface area contributed by atoms with E-state index < -0.39 is 0 Å². The van der Waals surface area contributed by atoms with E-state index in [0.29, 0.717) is 15.7 Å². The fourth-order valence-corrected chi connectivity index (χ4v) is 2.24. The van der Waals surface area contributed by atoms with E-state index in [9.17, 15) is 4.79 Å². The zero-order valence-electron chi connectivity index (χ0n) is 10.6. The number of hydrogen-bond donors (Lipinski definition) is 2. The molecule has 4 heteroatoms. The predicted octanol–water partition coefficient (Wildman–Crippen LogP) is 3.85. The van der Waals surface area contributed by atoms with Crippen molar-refractivity contribution in [3.63, 3.8) is 0 Å². The number of anilines is 2. The van der Waals surface area contributed by atoms with Crippen LogP contribution in [0, 0.1) is 0 Å². The molecule has 2 aromatic carbocycles. The highest BCUT2D eigenvalue weighted by Crippen LogP contribution is 2.24. The van der Waals surface area contributed by atoms with Gasteiger partial charge in [-0.3, -0.25) is 4.79 Å². The van der Waals surface area contributed by atoms with Crippen LogP contribution in [0.4, 0.5) is 11.4 Å². The minimum atomic E-state index is -0.174. The Morgan fingerprint density at radius 2 is 2.00 bits per heavy atom. The second-order valence-electron chi connectivity index (χ2n) is 4.22. The molecule has 3 N–H and O–H groups in total. The van der Waals surface area contributed by atoms with Gasteiger partial charge in [0.25, 0.3) is 5.91 Å². The first-order valence-corrected chi connectivity index (χ1v) is 6.85. The number of amides is 1. The quantitative estimate of drug-likeness (QED) is 0.845. The number of carbonyl (C=O) groups excluding carboxylic acids is 1. The molecule has 0 aliphatic carbocycles. The number of carbonyl (C=O) groups is 1. The van der Waals surface area contributed by atoms with E-state index in [2.05, 4.69) is 28.2 Å². The molecule has 0 heterocycles. The molecular formula is C15H15BrN2O. The summed E-state index contributed by atoms with van der Waals surface area (Å²) in [5, 5.41) is 2.88. The smallest absolute Gasteiger partial charge is 0.256 e. The molecule has 0 saturated heterocycles. The lowest BCUT2D eigenvalue weighted by molar-refractivity contribution is 0.102. The Hall–Kier alpha value is -1.81. The van der Waals surface area contributed by atoms with Crippen LogP contribution >= 0.6 is 15.9 Å². The van der Waals surface area contributed by atoms with Gasteiger partial charge in [-0.25, -0.2) is 0 Å². The molecule has 0 atom stereocenters. The number of nitrogens with one attached hydrogen (secondary N) is 1. The Morgan fingerprint density at radius 1 is 1.26 bits per heavy atom. The van der Waals surface area contributed by atoms with Crippen LogP contribution in [0.25, 0.3) is 0 Å². The lowest BCUT2D eigenvalue weighted by Crippen LogP contribution is -2.13. The van der Waals surface area contributed by atoms with E-state index in [1.54, 1.807) is 18.2 Å². The largest absolute Gasteiger partial charge is 0.398 e. The van der Waals surface area contributed by atoms with E-state index in [1.807, 2.05) is 24.3 Å². The van der Waals surface area contributed by atoms with Gasteiger partial charge in [0, 0.05) is 11.4 Å². The molecule has 0 aliphatic heterocycles. The molecule has 0 radical (unpaired) electrons. The average Bonchev–Trinajstić information content (AvgIpc) is 2.42. The number of nitrogen functional groups attached to an aromatic ring is 1. The molecule has 0 fully saturated rings. The summed E-state index contributed by atoms with van der Waals surface area (Å²) in [6.07, 6.45) is 0.936. The van der Waals surface area contributed by atoms with Crippen molar-refractivity contribution in [1.82, 2.24) is 0 Å². The maximum absolute atomic E-state index is 12.2. The second-order valence-corrected chi connectivity index (χ2v) is 5.01. The predicted molar refractivity (Wildman–Crippen MR) is 82.3 cm³/mol. The van der Waals surface area contributed by atoms with Crippen LogP contribution in [-0.4, -0.2) is 5.91 Å². The molecule has 98 valence electrons. The van der Waals surface area contributed by atoms with Gasteiger partial charge < -0.3 is 11.1 Å². The van der Waals surface area contributed by atoms with Crippen LogP contribution in [0.15, 0.2) is 46.9 Å². The average molecular weight is 319 g/mol. The van der Waals surface area contributed by atoms with E-state index in [4.69, 9.17) is 5.73 Å². The summed E-state index contributed by atoms with van der Waals surface area (Å²) in [7, 11) is 0. The molecule has 2 rings (SSSR count). The van der Waals surface area contributed by atoms with Gasteiger partial charge in [0.15, 0.2) is 0 Å². The Labute approximate surface area is 121 Å². The fourth-order valence-electron chi connectivity index (χ4n) is 1.79. The molecule has 0 aliphatic rings. The Balaban J connectivity index is 2.23. The van der Waals surface area contributed by atoms with Gasteiger partial charge in [-0.2, -0.15) is 0 Å². The SMILES string of the molecule is CCc1cccc(NC(=O)c2cccc(N)c2Br)c1. The van der Waals surface area contributed by atoms with Gasteiger partial charge in [-0.05, 0) is 52.2 Å². The number of nitrogens with two attached hydrogens (primary N) is 1. The number of aryl methyl sites for hydroxylation is 1. The standard InChI is InChI=1S/C15H15BrN2O/c1-2-10-5-3-6-11(9-10)18-15(19)12-7-4-8-13(17)14(12)16/h3-9H,2,17H2,1H3,(H,18,19). The maximum atomic E-state index is 12.2. The third kappa shape index (κ3) is 3.15. The molecular weight excluding hydrogens is 304 g/mol. The highest BCUT2D eigenvalue weighted by Gasteiger charge is 2.11. The number of benzene rings is 2. The number of hydrogen-bond acceptors (Lipinski definition) is 2. The van der Waals surface area contributed by atoms with E-state index in [-0.39, 0.29) is 5.91 Å². The molecule has 0 aromatic heterocycles. The van der Waals surface area contributed by atoms with Crippen molar-refractivity contribution in [1.29, 1.82) is 0 Å². The Morgan fingerprint density at radius 3 is 2.74 bits per heavy atom. The molecule has 19 heavy (non-hydrogen) atoms. The summed E-state index contributed by atoms with van der Waals surface area (Å²) in [6, 6.07) is 13.1. The van der Waals surface area contributed by atoms with E-state index in [0.717, 1.165) is 12.1 Å². The molecule has 2 aromatic rings. The molecule has 3 nitrogen and oxygen atoms in total. The highest BCUT2D eigenvalue weighted by atomic mass is 79.9. The molecule has 0 bridgehead atoms. The van der Waals surface area contributed by atoms with Crippen molar-refractivity contribution in [2.24, 2.45) is 0 Å². The highest BCUT2D eigenvalue weighted by molar-refractivity contribution is 9.10. The minimum Gasteiger partial charge on any atom is -0.398 e. The summed E-state index contributed by atoms with van der Waals surface area (Å²) < 4.78 is 0.624. The Kier molecular flexibility index (Phi) is 4.22. The molecule has 0 saturated carbocycles. The Bertz CT molecular complexity index is 611. The van der Waals surface area contributed by atoms with Crippen LogP contribution in [0.1, 0.15) is 22.8 Å². The van der Waals surface area contributed by atoms with Gasteiger partial charge in [0.1, 0.15) is 0 Å². The third-order valence-electron chi connectivity index (χ3n) is 2.87. The van der Waals surface area contributed by atoms with Gasteiger partial charge >= 0.3 is 0 Å². The van der Waals surface area contributed by atoms with Crippen molar-refractivity contribution in [2.45, 2.75) is 13.3 Å². The fraction of sp³-hybridized carbons (Fsp3) is 0.133. The van der Waals surface area contributed by atoms with Crippen molar-refractivity contribution in [2.75, 3.05) is 11.1 Å². The minimum absolute atomic E-state index is 0.174. The molecule has 0 spiro atoms. The summed E-state index contributed by atoms with van der Waals surface area (Å²) in [6.45, 7) is 2.08. The second kappa shape index (κ2) is 5.89. The first-order valence-electron chi connectivity index (χ1n) is 6.06. The lowest BCUT2D eigenvalue weighted by Gasteiger charge is -2.09. The van der Waals surface area contributed by atoms with Gasteiger partial charge in [0.05, 0.1) is 10.0 Å². The van der Waals surface area contributed by atoms with Crippen molar-refractivity contribution < 1.29 is 4.79 Å². The third-order valence-corrected chi connectivity index (χ3v) is 3.75. The number of halogens is 1. The van der Waals surface area contributed by atoms with Crippen LogP contribution in [0.5, 0.6) is 0 Å². The normalized spacial score (nSPS) is 10.2. The van der Waals surface area contributed by atoms with Crippen LogP contribution in [0.2, 0.25) is 0 Å². The van der Waals surface area contributed by atoms with Crippen LogP contribution < -0.4 is 11.1 Å². The van der Waals surface area contributed by atoms with Crippen LogP contribution in [-0.2, 0) is 6.42 Å². The zero-order valence-corrected chi connectivity index (χ0v) is 12.2. The van der Waals surface area contributed by atoms with Gasteiger partial charge in [0.2, 0.25) is 0 Å². The van der Waals surface area contributed by atoms with E-state index >= 15 is 0 Å². The maximum Gasteiger partial charge on any atom is 0.256 e. The van der Waals surface area contributed by atoms with Crippen molar-refractivity contribution >= 4 is 33.2 Å². The van der Waals surface area contributed by atoms with Crippen molar-refractivity contribution in [3.05, 3.63) is 58.1 Å². The summed E-state index contributed by atoms with van der Waals surface area (Å²) >= 11 is 3.34. The zero-order chi connectivity index (χ0) is 13.8. The van der Waals surface area contributed by atoms with Crippen molar-refractivity contribution in [3.8, 4) is 0 Å². The first kappa shape index (κ1) is 13.6. The molecule has 0 unspecified atom stereocenters. The first-order chi connectivity index (χ1) is 9.11. The summed E-state index contributed by atoms with van der Waals surface area (Å²) in [5.41, 5.74) is 8.83. The monoisotopic (exact) mass is 318 g/mol. The van der Waals surface area contributed by atoms with Gasteiger partial charge in [-0.15, -0.1) is 0 Å². The number of rotatable bonds is 3. The van der Waals surface area contributed by atoms with Crippen LogP contribution in [0.3, 0.4) is 0 Å². The summed E-state index contributed by atoms with van der Waals surface area (Å²) in [4.78, 5) is 12.2. The molecule has 1 amide bonds. The lowest BCUT2D eigenvalue weighted by atomic mass is 10.1. The topological polar surface area (TPSA) is 55.1 Å².